The predicted molar refractivity (Wildman–Crippen MR) is 65.6 cm³/mol. The molecule has 0 saturated heterocycles. The van der Waals surface area contributed by atoms with Crippen molar-refractivity contribution in [3.05, 3.63) is 29.3 Å². The molecule has 0 atom stereocenters. The van der Waals surface area contributed by atoms with Crippen molar-refractivity contribution in [2.75, 3.05) is 11.5 Å². The average Bonchev–Trinajstić information content (AvgIpc) is 2.17. The summed E-state index contributed by atoms with van der Waals surface area (Å²) in [5.41, 5.74) is 8.40. The summed E-state index contributed by atoms with van der Waals surface area (Å²) in [6, 6.07) is 5.74. The molecular formula is C12H13NOS. The van der Waals surface area contributed by atoms with Gasteiger partial charge in [-0.25, -0.2) is 0 Å². The Hall–Kier alpha value is -1.40. The van der Waals surface area contributed by atoms with E-state index in [1.54, 1.807) is 0 Å². The molecule has 0 aliphatic heterocycles. The van der Waals surface area contributed by atoms with E-state index in [2.05, 4.69) is 11.8 Å². The van der Waals surface area contributed by atoms with Crippen LogP contribution in [0.2, 0.25) is 0 Å². The first-order valence-electron chi connectivity index (χ1n) is 4.58. The highest BCUT2D eigenvalue weighted by Crippen LogP contribution is 2.12. The number of aryl methyl sites for hydroxylation is 1. The zero-order chi connectivity index (χ0) is 11.3. The Balaban J connectivity index is 2.71. The smallest absolute Gasteiger partial charge is 0.186 e. The molecule has 0 aromatic heterocycles. The minimum atomic E-state index is 0.0847. The maximum absolute atomic E-state index is 10.6. The number of nitrogen functional groups attached to an aromatic ring is 1. The predicted octanol–water partition coefficient (Wildman–Crippen LogP) is 2.21. The van der Waals surface area contributed by atoms with Crippen LogP contribution in [-0.4, -0.2) is 10.9 Å². The molecule has 1 aromatic rings. The molecule has 2 N–H and O–H groups in total. The summed E-state index contributed by atoms with van der Waals surface area (Å²) in [5.74, 6) is 6.39. The van der Waals surface area contributed by atoms with Crippen molar-refractivity contribution in [1.29, 1.82) is 0 Å². The van der Waals surface area contributed by atoms with E-state index >= 15 is 0 Å². The van der Waals surface area contributed by atoms with Crippen LogP contribution < -0.4 is 5.73 Å². The van der Waals surface area contributed by atoms with E-state index in [0.29, 0.717) is 11.4 Å². The topological polar surface area (TPSA) is 43.1 Å². The summed E-state index contributed by atoms with van der Waals surface area (Å²) in [7, 11) is 0. The highest BCUT2D eigenvalue weighted by molar-refractivity contribution is 8.13. The number of carbonyl (C=O) groups is 1. The van der Waals surface area contributed by atoms with E-state index in [-0.39, 0.29) is 5.12 Å². The summed E-state index contributed by atoms with van der Waals surface area (Å²) >= 11 is 1.21. The number of nitrogens with two attached hydrogens (primary N) is 1. The summed E-state index contributed by atoms with van der Waals surface area (Å²) in [4.78, 5) is 10.6. The molecule has 0 aliphatic carbocycles. The molecule has 0 saturated carbocycles. The van der Waals surface area contributed by atoms with Crippen LogP contribution in [0.15, 0.2) is 18.2 Å². The number of thioether (sulfide) groups is 1. The van der Waals surface area contributed by atoms with Gasteiger partial charge < -0.3 is 5.73 Å². The van der Waals surface area contributed by atoms with Crippen LogP contribution in [0.4, 0.5) is 5.69 Å². The molecule has 0 bridgehead atoms. The van der Waals surface area contributed by atoms with Gasteiger partial charge in [-0.05, 0) is 24.6 Å². The van der Waals surface area contributed by atoms with Crippen molar-refractivity contribution in [2.45, 2.75) is 13.8 Å². The molecule has 3 heteroatoms. The van der Waals surface area contributed by atoms with Gasteiger partial charge in [0.1, 0.15) is 0 Å². The number of rotatable bonds is 1. The fourth-order valence-corrected chi connectivity index (χ4v) is 1.40. The number of hydrogen-bond donors (Lipinski definition) is 1. The van der Waals surface area contributed by atoms with E-state index in [1.165, 1.54) is 18.7 Å². The van der Waals surface area contributed by atoms with Crippen LogP contribution in [0.1, 0.15) is 18.1 Å². The molecule has 0 heterocycles. The van der Waals surface area contributed by atoms with Gasteiger partial charge in [-0.2, -0.15) is 0 Å². The quantitative estimate of drug-likeness (QED) is 0.581. The minimum absolute atomic E-state index is 0.0847. The zero-order valence-electron chi connectivity index (χ0n) is 8.83. The summed E-state index contributed by atoms with van der Waals surface area (Å²) < 4.78 is 0. The average molecular weight is 219 g/mol. The van der Waals surface area contributed by atoms with Gasteiger partial charge in [-0.15, -0.1) is 0 Å². The molecule has 0 unspecified atom stereocenters. The molecule has 1 aromatic carbocycles. The van der Waals surface area contributed by atoms with Crippen molar-refractivity contribution in [1.82, 2.24) is 0 Å². The Morgan fingerprint density at radius 2 is 2.27 bits per heavy atom. The normalized spacial score (nSPS) is 9.20. The molecule has 0 radical (unpaired) electrons. The second kappa shape index (κ2) is 5.47. The van der Waals surface area contributed by atoms with E-state index in [4.69, 9.17) is 5.73 Å². The van der Waals surface area contributed by atoms with Gasteiger partial charge in [0.15, 0.2) is 5.12 Å². The van der Waals surface area contributed by atoms with Gasteiger partial charge in [-0.1, -0.05) is 29.7 Å². The largest absolute Gasteiger partial charge is 0.398 e. The third-order valence-corrected chi connectivity index (χ3v) is 2.47. The lowest BCUT2D eigenvalue weighted by Gasteiger charge is -1.98. The maximum Gasteiger partial charge on any atom is 0.186 e. The SMILES string of the molecule is CC(=O)SCC#Cc1cc(C)ccc1N. The number of benzene rings is 1. The summed E-state index contributed by atoms with van der Waals surface area (Å²) in [6.07, 6.45) is 0. The van der Waals surface area contributed by atoms with Gasteiger partial charge in [0, 0.05) is 18.2 Å². The maximum atomic E-state index is 10.6. The summed E-state index contributed by atoms with van der Waals surface area (Å²) in [5, 5.41) is 0.0847. The summed E-state index contributed by atoms with van der Waals surface area (Å²) in [6.45, 7) is 3.53. The molecular weight excluding hydrogens is 206 g/mol. The zero-order valence-corrected chi connectivity index (χ0v) is 9.65. The van der Waals surface area contributed by atoms with Crippen LogP contribution in [0, 0.1) is 18.8 Å². The Morgan fingerprint density at radius 3 is 2.93 bits per heavy atom. The molecule has 78 valence electrons. The number of carbonyl (C=O) groups excluding carboxylic acids is 1. The van der Waals surface area contributed by atoms with Crippen LogP contribution in [0.25, 0.3) is 0 Å². The minimum Gasteiger partial charge on any atom is -0.398 e. The third kappa shape index (κ3) is 4.09. The molecule has 2 nitrogen and oxygen atoms in total. The van der Waals surface area contributed by atoms with Crippen molar-refractivity contribution in [3.63, 3.8) is 0 Å². The molecule has 0 fully saturated rings. The molecule has 0 aliphatic rings. The molecule has 0 spiro atoms. The van der Waals surface area contributed by atoms with Crippen molar-refractivity contribution in [2.24, 2.45) is 0 Å². The van der Waals surface area contributed by atoms with E-state index in [9.17, 15) is 4.79 Å². The van der Waals surface area contributed by atoms with Crippen molar-refractivity contribution in [3.8, 4) is 11.8 Å². The first kappa shape index (κ1) is 11.7. The van der Waals surface area contributed by atoms with Gasteiger partial charge in [0.2, 0.25) is 0 Å². The second-order valence-corrected chi connectivity index (χ2v) is 4.33. The number of anilines is 1. The Morgan fingerprint density at radius 1 is 1.53 bits per heavy atom. The van der Waals surface area contributed by atoms with E-state index in [0.717, 1.165) is 11.1 Å². The third-order valence-electron chi connectivity index (χ3n) is 1.78. The van der Waals surface area contributed by atoms with Crippen LogP contribution >= 0.6 is 11.8 Å². The fourth-order valence-electron chi connectivity index (χ4n) is 1.05. The Kier molecular flexibility index (Phi) is 4.26. The fraction of sp³-hybridized carbons (Fsp3) is 0.250. The Bertz CT molecular complexity index is 429. The first-order valence-corrected chi connectivity index (χ1v) is 5.56. The second-order valence-electron chi connectivity index (χ2n) is 3.17. The van der Waals surface area contributed by atoms with Gasteiger partial charge in [0.05, 0.1) is 5.75 Å². The van der Waals surface area contributed by atoms with Gasteiger partial charge in [-0.3, -0.25) is 4.79 Å². The standard InChI is InChI=1S/C12H13NOS/c1-9-5-6-12(13)11(8-9)4-3-7-15-10(2)14/h5-6,8H,7,13H2,1-2H3. The van der Waals surface area contributed by atoms with Gasteiger partial charge >= 0.3 is 0 Å². The first-order chi connectivity index (χ1) is 7.09. The van der Waals surface area contributed by atoms with Crippen molar-refractivity contribution >= 4 is 22.6 Å². The number of hydrogen-bond acceptors (Lipinski definition) is 3. The highest BCUT2D eigenvalue weighted by Gasteiger charge is 1.95. The van der Waals surface area contributed by atoms with E-state index in [1.807, 2.05) is 25.1 Å². The highest BCUT2D eigenvalue weighted by atomic mass is 32.2. The lowest BCUT2D eigenvalue weighted by Crippen LogP contribution is -1.90. The lowest BCUT2D eigenvalue weighted by molar-refractivity contribution is -0.109. The lowest BCUT2D eigenvalue weighted by atomic mass is 10.1. The van der Waals surface area contributed by atoms with Crippen LogP contribution in [0.3, 0.4) is 0 Å². The van der Waals surface area contributed by atoms with Gasteiger partial charge in [0.25, 0.3) is 0 Å². The molecule has 0 amide bonds. The Labute approximate surface area is 94.2 Å². The van der Waals surface area contributed by atoms with E-state index < -0.39 is 0 Å². The molecule has 1 rings (SSSR count). The van der Waals surface area contributed by atoms with Crippen LogP contribution in [0.5, 0.6) is 0 Å². The van der Waals surface area contributed by atoms with Crippen molar-refractivity contribution < 1.29 is 4.79 Å². The van der Waals surface area contributed by atoms with Crippen LogP contribution in [-0.2, 0) is 4.79 Å². The monoisotopic (exact) mass is 219 g/mol. The molecule has 15 heavy (non-hydrogen) atoms.